The minimum absolute atomic E-state index is 0.00767. The van der Waals surface area contributed by atoms with Gasteiger partial charge in [-0.15, -0.1) is 0 Å². The van der Waals surface area contributed by atoms with Crippen LogP contribution < -0.4 is 0 Å². The van der Waals surface area contributed by atoms with Gasteiger partial charge in [0.2, 0.25) is 5.91 Å². The third kappa shape index (κ3) is 4.52. The van der Waals surface area contributed by atoms with E-state index in [0.29, 0.717) is 18.9 Å². The minimum atomic E-state index is -0.0849. The van der Waals surface area contributed by atoms with Gasteiger partial charge in [-0.3, -0.25) is 9.59 Å². The molecule has 1 heterocycles. The smallest absolute Gasteiger partial charge is 0.309 e. The molecule has 1 aliphatic heterocycles. The number of carbonyl (C=O) groups is 2. The zero-order valence-corrected chi connectivity index (χ0v) is 15.2. The van der Waals surface area contributed by atoms with Gasteiger partial charge in [-0.1, -0.05) is 19.3 Å². The van der Waals surface area contributed by atoms with Crippen LogP contribution in [0.2, 0.25) is 0 Å². The van der Waals surface area contributed by atoms with Crippen molar-refractivity contribution in [2.45, 2.75) is 71.1 Å². The van der Waals surface area contributed by atoms with E-state index in [4.69, 9.17) is 4.74 Å². The van der Waals surface area contributed by atoms with Crippen LogP contribution in [0.25, 0.3) is 0 Å². The number of fused-ring (bicyclic) bond motifs is 2. The zero-order chi connectivity index (χ0) is 16.9. The summed E-state index contributed by atoms with van der Waals surface area (Å²) in [6.45, 7) is 3.73. The van der Waals surface area contributed by atoms with E-state index >= 15 is 0 Å². The monoisotopic (exact) mass is 335 g/mol. The van der Waals surface area contributed by atoms with Crippen molar-refractivity contribution >= 4 is 11.9 Å². The summed E-state index contributed by atoms with van der Waals surface area (Å²) in [7, 11) is 0. The Morgan fingerprint density at radius 3 is 2.29 bits per heavy atom. The third-order valence-electron chi connectivity index (χ3n) is 6.46. The topological polar surface area (TPSA) is 46.6 Å². The van der Waals surface area contributed by atoms with Gasteiger partial charge in [0.15, 0.2) is 0 Å². The highest BCUT2D eigenvalue weighted by Crippen LogP contribution is 2.43. The van der Waals surface area contributed by atoms with E-state index in [9.17, 15) is 9.59 Å². The summed E-state index contributed by atoms with van der Waals surface area (Å²) in [5.41, 5.74) is 0. The second-order valence-electron chi connectivity index (χ2n) is 8.18. The Kier molecular flexibility index (Phi) is 6.18. The highest BCUT2D eigenvalue weighted by Gasteiger charge is 2.32. The highest BCUT2D eigenvalue weighted by atomic mass is 16.5. The van der Waals surface area contributed by atoms with Gasteiger partial charge in [-0.05, 0) is 63.2 Å². The van der Waals surface area contributed by atoms with Crippen LogP contribution in [0, 0.1) is 23.7 Å². The maximum absolute atomic E-state index is 12.5. The van der Waals surface area contributed by atoms with Crippen molar-refractivity contribution < 1.29 is 14.3 Å². The molecule has 1 amide bonds. The number of piperidine rings is 1. The average molecular weight is 335 g/mol. The van der Waals surface area contributed by atoms with Crippen LogP contribution in [0.3, 0.4) is 0 Å². The Hall–Kier alpha value is -1.06. The summed E-state index contributed by atoms with van der Waals surface area (Å²) in [5, 5.41) is 0. The molecule has 0 radical (unpaired) electrons. The average Bonchev–Trinajstić information content (AvgIpc) is 2.60. The number of likely N-dealkylation sites (tertiary alicyclic amines) is 1. The van der Waals surface area contributed by atoms with Crippen LogP contribution in [-0.4, -0.2) is 36.5 Å². The van der Waals surface area contributed by atoms with E-state index in [2.05, 4.69) is 0 Å². The first kappa shape index (κ1) is 17.8. The maximum atomic E-state index is 12.5. The Bertz CT molecular complexity index is 430. The first-order chi connectivity index (χ1) is 11.7. The van der Waals surface area contributed by atoms with Gasteiger partial charge in [0.25, 0.3) is 0 Å². The molecule has 3 rings (SSSR count). The minimum Gasteiger partial charge on any atom is -0.466 e. The van der Waals surface area contributed by atoms with Crippen molar-refractivity contribution in [2.24, 2.45) is 23.7 Å². The second-order valence-corrected chi connectivity index (χ2v) is 8.18. The van der Waals surface area contributed by atoms with Gasteiger partial charge in [0.05, 0.1) is 12.5 Å². The predicted octanol–water partition coefficient (Wildman–Crippen LogP) is 3.78. The Morgan fingerprint density at radius 2 is 1.67 bits per heavy atom. The molecule has 0 N–H and O–H groups in total. The fourth-order valence-corrected chi connectivity index (χ4v) is 5.22. The standard InChI is InChI=1S/C20H33NO3/c1-2-24-20(23)18-8-10-21(11-9-18)19(22)7-6-17-13-15-4-3-5-16(12-15)14-17/h15-18H,2-14H2,1H3. The molecular weight excluding hydrogens is 302 g/mol. The van der Waals surface area contributed by atoms with Gasteiger partial charge < -0.3 is 9.64 Å². The lowest BCUT2D eigenvalue weighted by Gasteiger charge is -2.39. The first-order valence-corrected chi connectivity index (χ1v) is 10.1. The number of hydrogen-bond donors (Lipinski definition) is 0. The van der Waals surface area contributed by atoms with E-state index in [1.54, 1.807) is 0 Å². The van der Waals surface area contributed by atoms with Crippen LogP contribution in [0.5, 0.6) is 0 Å². The lowest BCUT2D eigenvalue weighted by atomic mass is 9.67. The van der Waals surface area contributed by atoms with Crippen molar-refractivity contribution in [1.29, 1.82) is 0 Å². The van der Waals surface area contributed by atoms with Crippen LogP contribution in [0.4, 0.5) is 0 Å². The molecule has 3 aliphatic rings. The molecule has 2 unspecified atom stereocenters. The SMILES string of the molecule is CCOC(=O)C1CCN(C(=O)CCC2CC3CCCC(C3)C2)CC1. The lowest BCUT2D eigenvalue weighted by Crippen LogP contribution is -2.40. The van der Waals surface area contributed by atoms with Crippen molar-refractivity contribution in [2.75, 3.05) is 19.7 Å². The Morgan fingerprint density at radius 1 is 1.00 bits per heavy atom. The third-order valence-corrected chi connectivity index (χ3v) is 6.46. The molecule has 1 saturated heterocycles. The van der Waals surface area contributed by atoms with Gasteiger partial charge in [-0.25, -0.2) is 0 Å². The fourth-order valence-electron chi connectivity index (χ4n) is 5.22. The largest absolute Gasteiger partial charge is 0.466 e. The second kappa shape index (κ2) is 8.35. The summed E-state index contributed by atoms with van der Waals surface area (Å²) in [6.07, 6.45) is 11.7. The number of nitrogens with zero attached hydrogens (tertiary/aromatic N) is 1. The molecule has 2 saturated carbocycles. The van der Waals surface area contributed by atoms with Gasteiger partial charge in [-0.2, -0.15) is 0 Å². The first-order valence-electron chi connectivity index (χ1n) is 10.1. The number of rotatable bonds is 5. The molecular formula is C20H33NO3. The molecule has 0 aromatic heterocycles. The summed E-state index contributed by atoms with van der Waals surface area (Å²) >= 11 is 0. The molecule has 136 valence electrons. The number of carbonyl (C=O) groups excluding carboxylic acids is 2. The molecule has 3 fully saturated rings. The molecule has 2 aliphatic carbocycles. The van der Waals surface area contributed by atoms with E-state index in [1.165, 1.54) is 38.5 Å². The van der Waals surface area contributed by atoms with E-state index in [1.807, 2.05) is 11.8 Å². The van der Waals surface area contributed by atoms with E-state index in [-0.39, 0.29) is 11.9 Å². The predicted molar refractivity (Wildman–Crippen MR) is 93.3 cm³/mol. The number of hydrogen-bond acceptors (Lipinski definition) is 3. The Balaban J connectivity index is 1.38. The molecule has 24 heavy (non-hydrogen) atoms. The lowest BCUT2D eigenvalue weighted by molar-refractivity contribution is -0.151. The maximum Gasteiger partial charge on any atom is 0.309 e. The molecule has 0 spiro atoms. The number of amides is 1. The fraction of sp³-hybridized carbons (Fsp3) is 0.900. The molecule has 0 aromatic rings. The quantitative estimate of drug-likeness (QED) is 0.718. The number of esters is 1. The summed E-state index contributed by atoms with van der Waals surface area (Å²) in [4.78, 5) is 26.2. The molecule has 4 nitrogen and oxygen atoms in total. The Labute approximate surface area is 146 Å². The zero-order valence-electron chi connectivity index (χ0n) is 15.2. The van der Waals surface area contributed by atoms with Gasteiger partial charge >= 0.3 is 5.97 Å². The van der Waals surface area contributed by atoms with Crippen molar-refractivity contribution in [1.82, 2.24) is 4.90 Å². The van der Waals surface area contributed by atoms with Crippen molar-refractivity contribution in [3.8, 4) is 0 Å². The van der Waals surface area contributed by atoms with Crippen molar-refractivity contribution in [3.63, 3.8) is 0 Å². The molecule has 2 atom stereocenters. The van der Waals surface area contributed by atoms with Crippen LogP contribution in [-0.2, 0) is 14.3 Å². The summed E-state index contributed by atoms with van der Waals surface area (Å²) in [6, 6.07) is 0. The molecule has 0 aromatic carbocycles. The molecule has 2 bridgehead atoms. The summed E-state index contributed by atoms with van der Waals surface area (Å²) < 4.78 is 5.10. The van der Waals surface area contributed by atoms with E-state index < -0.39 is 0 Å². The normalized spacial score (nSPS) is 30.9. The summed E-state index contributed by atoms with van der Waals surface area (Å²) in [5.74, 6) is 2.86. The van der Waals surface area contributed by atoms with Gasteiger partial charge in [0.1, 0.15) is 0 Å². The van der Waals surface area contributed by atoms with Gasteiger partial charge in [0, 0.05) is 19.5 Å². The van der Waals surface area contributed by atoms with Crippen LogP contribution >= 0.6 is 0 Å². The highest BCUT2D eigenvalue weighted by molar-refractivity contribution is 5.77. The van der Waals surface area contributed by atoms with Crippen LogP contribution in [0.1, 0.15) is 71.1 Å². The molecule has 4 heteroatoms. The van der Waals surface area contributed by atoms with Crippen LogP contribution in [0.15, 0.2) is 0 Å². The van der Waals surface area contributed by atoms with E-state index in [0.717, 1.165) is 50.1 Å². The number of ether oxygens (including phenoxy) is 1. The van der Waals surface area contributed by atoms with Crippen molar-refractivity contribution in [3.05, 3.63) is 0 Å².